The van der Waals surface area contributed by atoms with Crippen LogP contribution < -0.4 is 5.73 Å². The van der Waals surface area contributed by atoms with Crippen molar-refractivity contribution in [3.63, 3.8) is 0 Å². The molecule has 0 fully saturated rings. The fourth-order valence-corrected chi connectivity index (χ4v) is 2.30. The number of likely N-dealkylation sites (N-methyl/N-ethyl adjacent to an activating group) is 1. The minimum atomic E-state index is 0.804. The summed E-state index contributed by atoms with van der Waals surface area (Å²) < 4.78 is 0. The molecule has 0 bridgehead atoms. The molecule has 0 saturated heterocycles. The second-order valence-electron chi connectivity index (χ2n) is 4.53. The molecule has 0 unspecified atom stereocenters. The smallest absolute Gasteiger partial charge is 0.0707 e. The lowest BCUT2D eigenvalue weighted by Gasteiger charge is -2.24. The average molecular weight is 213 g/mol. The highest BCUT2D eigenvalue weighted by molar-refractivity contribution is 5.82. The summed E-state index contributed by atoms with van der Waals surface area (Å²) in [7, 11) is 2.15. The summed E-state index contributed by atoms with van der Waals surface area (Å²) in [5.41, 5.74) is 10.2. The molecule has 82 valence electrons. The third kappa shape index (κ3) is 1.53. The Bertz CT molecular complexity index is 548. The van der Waals surface area contributed by atoms with Gasteiger partial charge in [-0.05, 0) is 36.9 Å². The number of nitrogens with zero attached hydrogens (tertiary/aromatic N) is 2. The molecule has 2 aromatic rings. The van der Waals surface area contributed by atoms with Crippen molar-refractivity contribution in [2.45, 2.75) is 13.0 Å². The quantitative estimate of drug-likeness (QED) is 0.679. The topological polar surface area (TPSA) is 42.2 Å². The van der Waals surface area contributed by atoms with Gasteiger partial charge in [0.05, 0.1) is 5.52 Å². The molecule has 1 aromatic carbocycles. The molecule has 16 heavy (non-hydrogen) atoms. The monoisotopic (exact) mass is 213 g/mol. The van der Waals surface area contributed by atoms with E-state index < -0.39 is 0 Å². The number of anilines is 1. The van der Waals surface area contributed by atoms with Gasteiger partial charge in [-0.25, -0.2) is 0 Å². The fourth-order valence-electron chi connectivity index (χ4n) is 2.30. The van der Waals surface area contributed by atoms with E-state index in [1.807, 2.05) is 18.2 Å². The zero-order valence-corrected chi connectivity index (χ0v) is 9.40. The molecule has 2 N–H and O–H groups in total. The molecular formula is C13H15N3. The Labute approximate surface area is 94.9 Å². The van der Waals surface area contributed by atoms with Gasteiger partial charge < -0.3 is 10.6 Å². The van der Waals surface area contributed by atoms with Crippen molar-refractivity contribution in [3.8, 4) is 0 Å². The highest BCUT2D eigenvalue weighted by Crippen LogP contribution is 2.23. The number of nitrogens with two attached hydrogens (primary N) is 1. The molecule has 2 heterocycles. The summed E-state index contributed by atoms with van der Waals surface area (Å²) in [6.07, 6.45) is 1.05. The number of hydrogen-bond donors (Lipinski definition) is 1. The van der Waals surface area contributed by atoms with E-state index in [4.69, 9.17) is 10.7 Å². The first-order chi connectivity index (χ1) is 7.72. The Hall–Kier alpha value is -1.61. The van der Waals surface area contributed by atoms with E-state index in [1.54, 1.807) is 0 Å². The van der Waals surface area contributed by atoms with Crippen LogP contribution in [0.2, 0.25) is 0 Å². The number of benzene rings is 1. The lowest BCUT2D eigenvalue weighted by atomic mass is 10.0. The first kappa shape index (κ1) is 9.60. The van der Waals surface area contributed by atoms with Crippen LogP contribution in [0.5, 0.6) is 0 Å². The average Bonchev–Trinajstić information content (AvgIpc) is 2.26. The van der Waals surface area contributed by atoms with Gasteiger partial charge in [0.2, 0.25) is 0 Å². The van der Waals surface area contributed by atoms with Gasteiger partial charge in [-0.2, -0.15) is 0 Å². The van der Waals surface area contributed by atoms with E-state index in [1.165, 1.54) is 11.3 Å². The summed E-state index contributed by atoms with van der Waals surface area (Å²) in [5, 5.41) is 1.15. The Kier molecular flexibility index (Phi) is 2.07. The van der Waals surface area contributed by atoms with Crippen molar-refractivity contribution in [2.75, 3.05) is 19.3 Å². The van der Waals surface area contributed by atoms with Crippen LogP contribution in [0.1, 0.15) is 11.3 Å². The molecule has 3 rings (SSSR count). The zero-order valence-electron chi connectivity index (χ0n) is 9.40. The minimum Gasteiger partial charge on any atom is -0.399 e. The van der Waals surface area contributed by atoms with Crippen molar-refractivity contribution in [1.82, 2.24) is 9.88 Å². The Morgan fingerprint density at radius 3 is 3.06 bits per heavy atom. The summed E-state index contributed by atoms with van der Waals surface area (Å²) in [6, 6.07) is 8.14. The second kappa shape index (κ2) is 3.46. The van der Waals surface area contributed by atoms with Crippen LogP contribution in [-0.2, 0) is 13.0 Å². The van der Waals surface area contributed by atoms with Gasteiger partial charge in [-0.15, -0.1) is 0 Å². The summed E-state index contributed by atoms with van der Waals surface area (Å²) >= 11 is 0. The predicted molar refractivity (Wildman–Crippen MR) is 66.2 cm³/mol. The number of hydrogen-bond acceptors (Lipinski definition) is 3. The number of fused-ring (bicyclic) bond motifs is 2. The Balaban J connectivity index is 2.20. The molecule has 0 atom stereocenters. The summed E-state index contributed by atoms with van der Waals surface area (Å²) in [6.45, 7) is 2.09. The third-order valence-electron chi connectivity index (χ3n) is 3.18. The van der Waals surface area contributed by atoms with Gasteiger partial charge >= 0.3 is 0 Å². The van der Waals surface area contributed by atoms with Crippen LogP contribution in [0, 0.1) is 0 Å². The van der Waals surface area contributed by atoms with Gasteiger partial charge in [0.25, 0.3) is 0 Å². The fraction of sp³-hybridized carbons (Fsp3) is 0.308. The van der Waals surface area contributed by atoms with Crippen LogP contribution in [0.4, 0.5) is 5.69 Å². The van der Waals surface area contributed by atoms with Gasteiger partial charge in [0, 0.05) is 36.3 Å². The molecule has 0 spiro atoms. The van der Waals surface area contributed by atoms with Crippen LogP contribution in [0.15, 0.2) is 24.3 Å². The maximum absolute atomic E-state index is 5.79. The van der Waals surface area contributed by atoms with Crippen LogP contribution in [-0.4, -0.2) is 23.5 Å². The van der Waals surface area contributed by atoms with Crippen LogP contribution >= 0.6 is 0 Å². The maximum atomic E-state index is 5.79. The Morgan fingerprint density at radius 2 is 2.19 bits per heavy atom. The third-order valence-corrected chi connectivity index (χ3v) is 3.18. The second-order valence-corrected chi connectivity index (χ2v) is 4.53. The van der Waals surface area contributed by atoms with E-state index in [9.17, 15) is 0 Å². The van der Waals surface area contributed by atoms with Gasteiger partial charge in [0.1, 0.15) is 0 Å². The highest BCUT2D eigenvalue weighted by atomic mass is 15.1. The van der Waals surface area contributed by atoms with E-state index in [0.717, 1.165) is 36.1 Å². The van der Waals surface area contributed by atoms with Gasteiger partial charge in [-0.1, -0.05) is 0 Å². The maximum Gasteiger partial charge on any atom is 0.0707 e. The molecular weight excluding hydrogens is 198 g/mol. The molecule has 1 aliphatic rings. The standard InChI is InChI=1S/C13H15N3/c1-16-5-4-13-10(8-16)6-9-7-11(14)2-3-12(9)15-13/h2-3,6-7H,4-5,8,14H2,1H3. The SMILES string of the molecule is CN1CCc2nc3ccc(N)cc3cc2C1. The van der Waals surface area contributed by atoms with E-state index in [2.05, 4.69) is 18.0 Å². The van der Waals surface area contributed by atoms with E-state index >= 15 is 0 Å². The van der Waals surface area contributed by atoms with Crippen molar-refractivity contribution in [2.24, 2.45) is 0 Å². The molecule has 1 aromatic heterocycles. The van der Waals surface area contributed by atoms with Gasteiger partial charge in [-0.3, -0.25) is 4.98 Å². The lowest BCUT2D eigenvalue weighted by molar-refractivity contribution is 0.310. The van der Waals surface area contributed by atoms with Crippen molar-refractivity contribution in [1.29, 1.82) is 0 Å². The molecule has 3 heteroatoms. The van der Waals surface area contributed by atoms with Crippen molar-refractivity contribution >= 4 is 16.6 Å². The van der Waals surface area contributed by atoms with E-state index in [-0.39, 0.29) is 0 Å². The molecule has 0 radical (unpaired) electrons. The van der Waals surface area contributed by atoms with Crippen LogP contribution in [0.3, 0.4) is 0 Å². The Morgan fingerprint density at radius 1 is 1.31 bits per heavy atom. The zero-order chi connectivity index (χ0) is 11.1. The number of pyridine rings is 1. The molecule has 1 aliphatic heterocycles. The van der Waals surface area contributed by atoms with Crippen molar-refractivity contribution in [3.05, 3.63) is 35.5 Å². The molecule has 0 amide bonds. The number of nitrogen functional groups attached to an aromatic ring is 1. The largest absolute Gasteiger partial charge is 0.399 e. The molecule has 0 aliphatic carbocycles. The van der Waals surface area contributed by atoms with E-state index in [0.29, 0.717) is 0 Å². The van der Waals surface area contributed by atoms with Crippen LogP contribution in [0.25, 0.3) is 10.9 Å². The number of rotatable bonds is 0. The van der Waals surface area contributed by atoms with Crippen molar-refractivity contribution < 1.29 is 0 Å². The first-order valence-corrected chi connectivity index (χ1v) is 5.59. The normalized spacial score (nSPS) is 16.3. The minimum absolute atomic E-state index is 0.804. The first-order valence-electron chi connectivity index (χ1n) is 5.59. The lowest BCUT2D eigenvalue weighted by Crippen LogP contribution is -2.27. The van der Waals surface area contributed by atoms with Gasteiger partial charge in [0.15, 0.2) is 0 Å². The predicted octanol–water partition coefficient (Wildman–Crippen LogP) is 1.80. The summed E-state index contributed by atoms with van der Waals surface area (Å²) in [5.74, 6) is 0. The molecule has 3 nitrogen and oxygen atoms in total. The molecule has 0 saturated carbocycles. The number of aromatic nitrogens is 1. The summed E-state index contributed by atoms with van der Waals surface area (Å²) in [4.78, 5) is 7.03. The highest BCUT2D eigenvalue weighted by Gasteiger charge is 2.14.